The minimum atomic E-state index is -0.228. The Hall–Kier alpha value is -1.33. The van der Waals surface area contributed by atoms with Gasteiger partial charge in [0.05, 0.1) is 0 Å². The van der Waals surface area contributed by atoms with Crippen LogP contribution >= 0.6 is 11.3 Å². The van der Waals surface area contributed by atoms with Gasteiger partial charge < -0.3 is 5.32 Å². The first-order chi connectivity index (χ1) is 8.79. The lowest BCUT2D eigenvalue weighted by molar-refractivity contribution is 0.628. The Kier molecular flexibility index (Phi) is 4.78. The molecule has 0 atom stereocenters. The Morgan fingerprint density at radius 3 is 2.72 bits per heavy atom. The molecular weight excluding hydrogens is 249 g/mol. The minimum absolute atomic E-state index is 0.228. The van der Waals surface area contributed by atoms with Crippen molar-refractivity contribution in [2.24, 2.45) is 0 Å². The molecule has 18 heavy (non-hydrogen) atoms. The van der Waals surface area contributed by atoms with Gasteiger partial charge >= 0.3 is 0 Å². The highest BCUT2D eigenvalue weighted by Gasteiger charge is 2.06. The predicted octanol–water partition coefficient (Wildman–Crippen LogP) is 2.89. The van der Waals surface area contributed by atoms with Gasteiger partial charge in [0.15, 0.2) is 0 Å². The van der Waals surface area contributed by atoms with Gasteiger partial charge in [-0.2, -0.15) is 0 Å². The Morgan fingerprint density at radius 2 is 2.00 bits per heavy atom. The third-order valence-electron chi connectivity index (χ3n) is 2.55. The maximum atomic E-state index is 12.8. The van der Waals surface area contributed by atoms with E-state index in [1.54, 1.807) is 23.5 Å². The highest BCUT2D eigenvalue weighted by molar-refractivity contribution is 7.14. The van der Waals surface area contributed by atoms with Gasteiger partial charge in [0, 0.05) is 12.0 Å². The second kappa shape index (κ2) is 6.56. The van der Waals surface area contributed by atoms with Crippen LogP contribution in [0.25, 0.3) is 10.6 Å². The average molecular weight is 265 g/mol. The molecule has 0 fully saturated rings. The first-order valence-corrected chi connectivity index (χ1v) is 6.90. The molecule has 0 spiro atoms. The largest absolute Gasteiger partial charge is 0.317 e. The second-order valence-electron chi connectivity index (χ2n) is 3.96. The van der Waals surface area contributed by atoms with Crippen LogP contribution in [0, 0.1) is 5.82 Å². The zero-order chi connectivity index (χ0) is 12.8. The molecule has 5 heteroatoms. The molecule has 3 nitrogen and oxygen atoms in total. The van der Waals surface area contributed by atoms with E-state index >= 15 is 0 Å². The number of hydrogen-bond donors (Lipinski definition) is 1. The van der Waals surface area contributed by atoms with Crippen LogP contribution in [0.1, 0.15) is 18.4 Å². The molecule has 1 N–H and O–H groups in total. The third kappa shape index (κ3) is 3.58. The highest BCUT2D eigenvalue weighted by Crippen LogP contribution is 2.24. The number of halogens is 1. The summed E-state index contributed by atoms with van der Waals surface area (Å²) in [5.74, 6) is -0.228. The standard InChI is InChI=1S/C13H16FN3S/c1-2-15-9-3-4-12-16-17-13(18-12)10-5-7-11(14)8-6-10/h5-8,15H,2-4,9H2,1H3. The second-order valence-corrected chi connectivity index (χ2v) is 5.03. The smallest absolute Gasteiger partial charge is 0.147 e. The van der Waals surface area contributed by atoms with Crippen molar-refractivity contribution in [3.05, 3.63) is 35.1 Å². The number of benzene rings is 1. The lowest BCUT2D eigenvalue weighted by atomic mass is 10.2. The summed E-state index contributed by atoms with van der Waals surface area (Å²) in [6, 6.07) is 6.36. The molecule has 1 heterocycles. The van der Waals surface area contributed by atoms with Crippen molar-refractivity contribution in [3.8, 4) is 10.6 Å². The number of rotatable bonds is 6. The van der Waals surface area contributed by atoms with Crippen LogP contribution in [-0.4, -0.2) is 23.3 Å². The summed E-state index contributed by atoms with van der Waals surface area (Å²) < 4.78 is 12.8. The Balaban J connectivity index is 1.95. The first-order valence-electron chi connectivity index (χ1n) is 6.08. The van der Waals surface area contributed by atoms with Crippen molar-refractivity contribution in [2.75, 3.05) is 13.1 Å². The van der Waals surface area contributed by atoms with E-state index in [-0.39, 0.29) is 5.82 Å². The normalized spacial score (nSPS) is 10.8. The third-order valence-corrected chi connectivity index (χ3v) is 3.58. The molecule has 0 saturated carbocycles. The summed E-state index contributed by atoms with van der Waals surface area (Å²) in [5, 5.41) is 13.5. The molecule has 1 aromatic carbocycles. The maximum absolute atomic E-state index is 12.8. The van der Waals surface area contributed by atoms with Gasteiger partial charge in [0.2, 0.25) is 0 Å². The SMILES string of the molecule is CCNCCCc1nnc(-c2ccc(F)cc2)s1. The van der Waals surface area contributed by atoms with E-state index in [1.165, 1.54) is 12.1 Å². The summed E-state index contributed by atoms with van der Waals surface area (Å²) in [4.78, 5) is 0. The molecular formula is C13H16FN3S. The highest BCUT2D eigenvalue weighted by atomic mass is 32.1. The van der Waals surface area contributed by atoms with E-state index in [0.717, 1.165) is 41.5 Å². The number of hydrogen-bond acceptors (Lipinski definition) is 4. The number of aryl methyl sites for hydroxylation is 1. The summed E-state index contributed by atoms with van der Waals surface area (Å²) in [6.07, 6.45) is 2.00. The summed E-state index contributed by atoms with van der Waals surface area (Å²) in [7, 11) is 0. The van der Waals surface area contributed by atoms with Crippen LogP contribution in [0.3, 0.4) is 0 Å². The molecule has 0 aliphatic carbocycles. The molecule has 0 bridgehead atoms. The zero-order valence-electron chi connectivity index (χ0n) is 10.3. The Morgan fingerprint density at radius 1 is 1.22 bits per heavy atom. The van der Waals surface area contributed by atoms with Crippen molar-refractivity contribution in [1.82, 2.24) is 15.5 Å². The van der Waals surface area contributed by atoms with E-state index in [2.05, 4.69) is 22.4 Å². The van der Waals surface area contributed by atoms with Crippen molar-refractivity contribution >= 4 is 11.3 Å². The molecule has 0 aliphatic rings. The molecule has 2 rings (SSSR count). The van der Waals surface area contributed by atoms with Gasteiger partial charge in [-0.15, -0.1) is 10.2 Å². The van der Waals surface area contributed by atoms with Gasteiger partial charge in [-0.25, -0.2) is 4.39 Å². The van der Waals surface area contributed by atoms with E-state index in [1.807, 2.05) is 0 Å². The fraction of sp³-hybridized carbons (Fsp3) is 0.385. The van der Waals surface area contributed by atoms with Crippen LogP contribution in [-0.2, 0) is 6.42 Å². The molecule has 0 radical (unpaired) electrons. The monoisotopic (exact) mass is 265 g/mol. The van der Waals surface area contributed by atoms with E-state index in [9.17, 15) is 4.39 Å². The molecule has 2 aromatic rings. The predicted molar refractivity (Wildman–Crippen MR) is 72.2 cm³/mol. The van der Waals surface area contributed by atoms with Crippen molar-refractivity contribution in [1.29, 1.82) is 0 Å². The fourth-order valence-electron chi connectivity index (χ4n) is 1.61. The van der Waals surface area contributed by atoms with Crippen LogP contribution in [0.5, 0.6) is 0 Å². The van der Waals surface area contributed by atoms with E-state index in [4.69, 9.17) is 0 Å². The Labute approximate surface area is 110 Å². The summed E-state index contributed by atoms with van der Waals surface area (Å²) >= 11 is 1.58. The van der Waals surface area contributed by atoms with Gasteiger partial charge in [-0.05, 0) is 43.8 Å². The molecule has 0 unspecified atom stereocenters. The van der Waals surface area contributed by atoms with Crippen molar-refractivity contribution < 1.29 is 4.39 Å². The van der Waals surface area contributed by atoms with Gasteiger partial charge in [-0.3, -0.25) is 0 Å². The van der Waals surface area contributed by atoms with Crippen LogP contribution in [0.2, 0.25) is 0 Å². The lowest BCUT2D eigenvalue weighted by Crippen LogP contribution is -2.14. The number of nitrogens with zero attached hydrogens (tertiary/aromatic N) is 2. The van der Waals surface area contributed by atoms with Crippen LogP contribution < -0.4 is 5.32 Å². The van der Waals surface area contributed by atoms with E-state index < -0.39 is 0 Å². The van der Waals surface area contributed by atoms with Gasteiger partial charge in [0.1, 0.15) is 15.8 Å². The minimum Gasteiger partial charge on any atom is -0.317 e. The molecule has 0 saturated heterocycles. The van der Waals surface area contributed by atoms with Crippen LogP contribution in [0.4, 0.5) is 4.39 Å². The number of aromatic nitrogens is 2. The van der Waals surface area contributed by atoms with Gasteiger partial charge in [-0.1, -0.05) is 18.3 Å². The van der Waals surface area contributed by atoms with Gasteiger partial charge in [0.25, 0.3) is 0 Å². The summed E-state index contributed by atoms with van der Waals surface area (Å²) in [5.41, 5.74) is 0.923. The maximum Gasteiger partial charge on any atom is 0.147 e. The topological polar surface area (TPSA) is 37.8 Å². The van der Waals surface area contributed by atoms with Crippen molar-refractivity contribution in [2.45, 2.75) is 19.8 Å². The zero-order valence-corrected chi connectivity index (χ0v) is 11.1. The Bertz CT molecular complexity index is 481. The molecule has 1 aromatic heterocycles. The molecule has 0 amide bonds. The lowest BCUT2D eigenvalue weighted by Gasteiger charge is -1.97. The van der Waals surface area contributed by atoms with Crippen molar-refractivity contribution in [3.63, 3.8) is 0 Å². The molecule has 0 aliphatic heterocycles. The molecule has 96 valence electrons. The van der Waals surface area contributed by atoms with E-state index in [0.29, 0.717) is 0 Å². The average Bonchev–Trinajstić information content (AvgIpc) is 2.84. The summed E-state index contributed by atoms with van der Waals surface area (Å²) in [6.45, 7) is 4.09. The first kappa shape index (κ1) is 13.1. The fourth-order valence-corrected chi connectivity index (χ4v) is 2.49. The quantitative estimate of drug-likeness (QED) is 0.816. The van der Waals surface area contributed by atoms with Crippen LogP contribution in [0.15, 0.2) is 24.3 Å². The number of nitrogens with one attached hydrogen (secondary N) is 1.